The van der Waals surface area contributed by atoms with Crippen LogP contribution in [0.4, 0.5) is 5.13 Å². The first-order valence-electron chi connectivity index (χ1n) is 5.43. The van der Waals surface area contributed by atoms with Crippen molar-refractivity contribution in [2.24, 2.45) is 0 Å². The third-order valence-corrected chi connectivity index (χ3v) is 4.34. The number of nitrogens with two attached hydrogens (primary N) is 1. The number of nitrogen functional groups attached to an aromatic ring is 1. The Bertz CT molecular complexity index is 551. The van der Waals surface area contributed by atoms with Crippen molar-refractivity contribution in [3.8, 4) is 0 Å². The van der Waals surface area contributed by atoms with Gasteiger partial charge in [-0.15, -0.1) is 10.2 Å². The van der Waals surface area contributed by atoms with E-state index in [9.17, 15) is 4.79 Å². The molecule has 2 aromatic rings. The van der Waals surface area contributed by atoms with Gasteiger partial charge in [0.15, 0.2) is 10.1 Å². The van der Waals surface area contributed by atoms with Gasteiger partial charge < -0.3 is 5.73 Å². The van der Waals surface area contributed by atoms with Gasteiger partial charge in [-0.2, -0.15) is 0 Å². The van der Waals surface area contributed by atoms with E-state index in [1.165, 1.54) is 23.1 Å². The van der Waals surface area contributed by atoms with Crippen LogP contribution in [0.1, 0.15) is 22.8 Å². The van der Waals surface area contributed by atoms with Crippen LogP contribution in [0.5, 0.6) is 0 Å². The molecule has 0 saturated heterocycles. The molecule has 0 saturated carbocycles. The van der Waals surface area contributed by atoms with E-state index in [1.54, 1.807) is 0 Å². The molecule has 1 aromatic carbocycles. The number of hydrogen-bond acceptors (Lipinski definition) is 6. The standard InChI is InChI=1S/C12H13N3OS2/c1-7-3-5-9(6-4-7)10(16)8(2)17-12-15-14-11(13)18-12/h3-6,8H,1-2H3,(H2,13,14)/t8-/m0/s1. The molecule has 0 radical (unpaired) electrons. The molecule has 0 aliphatic heterocycles. The quantitative estimate of drug-likeness (QED) is 0.688. The Kier molecular flexibility index (Phi) is 3.98. The Hall–Kier alpha value is -1.40. The van der Waals surface area contributed by atoms with E-state index in [-0.39, 0.29) is 11.0 Å². The van der Waals surface area contributed by atoms with Crippen molar-refractivity contribution in [2.75, 3.05) is 5.73 Å². The molecule has 6 heteroatoms. The second kappa shape index (κ2) is 5.49. The fourth-order valence-corrected chi connectivity index (χ4v) is 3.28. The highest BCUT2D eigenvalue weighted by molar-refractivity contribution is 8.02. The molecule has 1 atom stereocenters. The largest absolute Gasteiger partial charge is 0.374 e. The van der Waals surface area contributed by atoms with Crippen molar-refractivity contribution in [1.82, 2.24) is 10.2 Å². The van der Waals surface area contributed by atoms with Gasteiger partial charge in [0, 0.05) is 5.56 Å². The van der Waals surface area contributed by atoms with Crippen LogP contribution in [0, 0.1) is 6.92 Å². The molecule has 0 bridgehead atoms. The number of aryl methyl sites for hydroxylation is 1. The lowest BCUT2D eigenvalue weighted by atomic mass is 10.1. The highest BCUT2D eigenvalue weighted by Gasteiger charge is 2.18. The molecule has 1 aromatic heterocycles. The van der Waals surface area contributed by atoms with Crippen molar-refractivity contribution in [1.29, 1.82) is 0 Å². The summed E-state index contributed by atoms with van der Waals surface area (Å²) in [6.45, 7) is 3.86. The number of rotatable bonds is 4. The number of thioether (sulfide) groups is 1. The zero-order valence-electron chi connectivity index (χ0n) is 10.1. The van der Waals surface area contributed by atoms with Crippen LogP contribution in [0.25, 0.3) is 0 Å². The number of benzene rings is 1. The number of carbonyl (C=O) groups excluding carboxylic acids is 1. The normalized spacial score (nSPS) is 12.3. The van der Waals surface area contributed by atoms with Crippen LogP contribution >= 0.6 is 23.1 Å². The second-order valence-corrected chi connectivity index (χ2v) is 6.49. The fourth-order valence-electron chi connectivity index (χ4n) is 1.43. The summed E-state index contributed by atoms with van der Waals surface area (Å²) in [5.74, 6) is 0.0915. The maximum atomic E-state index is 12.2. The van der Waals surface area contributed by atoms with Crippen LogP contribution in [0.3, 0.4) is 0 Å². The lowest BCUT2D eigenvalue weighted by molar-refractivity contribution is 0.0994. The molecule has 2 N–H and O–H groups in total. The topological polar surface area (TPSA) is 68.9 Å². The minimum Gasteiger partial charge on any atom is -0.374 e. The fraction of sp³-hybridized carbons (Fsp3) is 0.250. The number of ketones is 1. The molecule has 2 rings (SSSR count). The second-order valence-electron chi connectivity index (χ2n) is 3.90. The van der Waals surface area contributed by atoms with Gasteiger partial charge in [-0.1, -0.05) is 52.9 Å². The first-order valence-corrected chi connectivity index (χ1v) is 7.12. The van der Waals surface area contributed by atoms with Gasteiger partial charge in [0.05, 0.1) is 5.25 Å². The summed E-state index contributed by atoms with van der Waals surface area (Å²) in [4.78, 5) is 12.2. The molecule has 1 heterocycles. The first kappa shape index (κ1) is 13.0. The van der Waals surface area contributed by atoms with Crippen molar-refractivity contribution < 1.29 is 4.79 Å². The molecule has 0 fully saturated rings. The molecule has 18 heavy (non-hydrogen) atoms. The number of carbonyl (C=O) groups is 1. The number of aromatic nitrogens is 2. The molecule has 94 valence electrons. The molecule has 4 nitrogen and oxygen atoms in total. The molecule has 0 aliphatic carbocycles. The van der Waals surface area contributed by atoms with Gasteiger partial charge in [-0.05, 0) is 13.8 Å². The van der Waals surface area contributed by atoms with Gasteiger partial charge in [-0.25, -0.2) is 0 Å². The Morgan fingerprint density at radius 3 is 2.56 bits per heavy atom. The molecule has 0 unspecified atom stereocenters. The zero-order valence-corrected chi connectivity index (χ0v) is 11.7. The number of Topliss-reactive ketones (excluding diaryl/α,β-unsaturated/α-hetero) is 1. The highest BCUT2D eigenvalue weighted by atomic mass is 32.2. The van der Waals surface area contributed by atoms with E-state index in [2.05, 4.69) is 10.2 Å². The Morgan fingerprint density at radius 2 is 2.00 bits per heavy atom. The van der Waals surface area contributed by atoms with Gasteiger partial charge in [0.2, 0.25) is 5.13 Å². The van der Waals surface area contributed by atoms with Crippen LogP contribution in [0.15, 0.2) is 28.6 Å². The summed E-state index contributed by atoms with van der Waals surface area (Å²) < 4.78 is 0.723. The summed E-state index contributed by atoms with van der Waals surface area (Å²) in [6.07, 6.45) is 0. The number of nitrogens with zero attached hydrogens (tertiary/aromatic N) is 2. The Balaban J connectivity index is 2.07. The van der Waals surface area contributed by atoms with Gasteiger partial charge in [0.25, 0.3) is 0 Å². The van der Waals surface area contributed by atoms with E-state index in [4.69, 9.17) is 5.73 Å². The van der Waals surface area contributed by atoms with Crippen LogP contribution in [0.2, 0.25) is 0 Å². The summed E-state index contributed by atoms with van der Waals surface area (Å²) in [6, 6.07) is 7.58. The van der Waals surface area contributed by atoms with Crippen molar-refractivity contribution >= 4 is 34.0 Å². The number of hydrogen-bond donors (Lipinski definition) is 1. The molecular formula is C12H13N3OS2. The van der Waals surface area contributed by atoms with Crippen molar-refractivity contribution in [2.45, 2.75) is 23.4 Å². The minimum atomic E-state index is -0.194. The third-order valence-electron chi connectivity index (χ3n) is 2.40. The Labute approximate surface area is 114 Å². The van der Waals surface area contributed by atoms with Crippen molar-refractivity contribution in [3.63, 3.8) is 0 Å². The number of anilines is 1. The summed E-state index contributed by atoms with van der Waals surface area (Å²) in [5, 5.41) is 7.86. The lowest BCUT2D eigenvalue weighted by Gasteiger charge is -2.07. The van der Waals surface area contributed by atoms with Gasteiger partial charge in [0.1, 0.15) is 0 Å². The van der Waals surface area contributed by atoms with Crippen LogP contribution in [-0.2, 0) is 0 Å². The Morgan fingerprint density at radius 1 is 1.33 bits per heavy atom. The molecule has 0 amide bonds. The average molecular weight is 279 g/mol. The zero-order chi connectivity index (χ0) is 13.1. The third kappa shape index (κ3) is 3.08. The summed E-state index contributed by atoms with van der Waals surface area (Å²) in [7, 11) is 0. The minimum absolute atomic E-state index is 0.0915. The first-order chi connectivity index (χ1) is 8.56. The monoisotopic (exact) mass is 279 g/mol. The van der Waals surface area contributed by atoms with Crippen LogP contribution < -0.4 is 5.73 Å². The van der Waals surface area contributed by atoms with E-state index >= 15 is 0 Å². The van der Waals surface area contributed by atoms with Crippen molar-refractivity contribution in [3.05, 3.63) is 35.4 Å². The maximum Gasteiger partial charge on any atom is 0.203 e. The maximum absolute atomic E-state index is 12.2. The predicted octanol–water partition coefficient (Wildman–Crippen LogP) is 2.79. The summed E-state index contributed by atoms with van der Waals surface area (Å²) in [5.41, 5.74) is 7.37. The summed E-state index contributed by atoms with van der Waals surface area (Å²) >= 11 is 2.68. The molecular weight excluding hydrogens is 266 g/mol. The molecule has 0 aliphatic rings. The molecule has 0 spiro atoms. The van der Waals surface area contributed by atoms with E-state index in [0.717, 1.165) is 15.5 Å². The van der Waals surface area contributed by atoms with E-state index in [1.807, 2.05) is 38.1 Å². The average Bonchev–Trinajstić information content (AvgIpc) is 2.75. The predicted molar refractivity (Wildman–Crippen MR) is 75.1 cm³/mol. The lowest BCUT2D eigenvalue weighted by Crippen LogP contribution is -2.13. The highest BCUT2D eigenvalue weighted by Crippen LogP contribution is 2.29. The van der Waals surface area contributed by atoms with E-state index in [0.29, 0.717) is 5.13 Å². The van der Waals surface area contributed by atoms with E-state index < -0.39 is 0 Å². The van der Waals surface area contributed by atoms with Gasteiger partial charge >= 0.3 is 0 Å². The smallest absolute Gasteiger partial charge is 0.203 e. The SMILES string of the molecule is Cc1ccc(C(=O)[C@H](C)Sc2nnc(N)s2)cc1. The van der Waals surface area contributed by atoms with Crippen LogP contribution in [-0.4, -0.2) is 21.2 Å². The van der Waals surface area contributed by atoms with Gasteiger partial charge in [-0.3, -0.25) is 4.79 Å².